The molecule has 0 aliphatic heterocycles. The van der Waals surface area contributed by atoms with E-state index in [-0.39, 0.29) is 6.42 Å². The summed E-state index contributed by atoms with van der Waals surface area (Å²) in [6.07, 6.45) is -3.65. The van der Waals surface area contributed by atoms with Gasteiger partial charge in [-0.25, -0.2) is 0 Å². The Morgan fingerprint density at radius 1 is 1.11 bits per heavy atom. The molecule has 0 spiro atoms. The molecule has 5 heteroatoms. The van der Waals surface area contributed by atoms with Crippen LogP contribution in [-0.2, 0) is 12.6 Å². The topological polar surface area (TPSA) is 33.1 Å². The summed E-state index contributed by atoms with van der Waals surface area (Å²) in [6, 6.07) is 10.0. The molecule has 2 nitrogen and oxygen atoms in total. The second-order valence-corrected chi connectivity index (χ2v) is 4.17. The number of pyridine rings is 1. The highest BCUT2D eigenvalue weighted by atomic mass is 19.4. The van der Waals surface area contributed by atoms with Crippen molar-refractivity contribution < 1.29 is 18.3 Å². The van der Waals surface area contributed by atoms with Crippen molar-refractivity contribution in [3.8, 4) is 0 Å². The molecular formula is C14H12F3NO. The number of aliphatic hydroxyl groups excluding tert-OH is 1. The van der Waals surface area contributed by atoms with E-state index >= 15 is 0 Å². The lowest BCUT2D eigenvalue weighted by molar-refractivity contribution is -0.137. The Bertz CT molecular complexity index is 540. The van der Waals surface area contributed by atoms with Gasteiger partial charge < -0.3 is 5.11 Å². The third-order valence-electron chi connectivity index (χ3n) is 2.71. The minimum Gasteiger partial charge on any atom is -0.386 e. The van der Waals surface area contributed by atoms with Crippen LogP contribution in [0.15, 0.2) is 48.7 Å². The second kappa shape index (κ2) is 5.40. The molecular weight excluding hydrogens is 255 g/mol. The van der Waals surface area contributed by atoms with Gasteiger partial charge in [0.2, 0.25) is 0 Å². The molecule has 0 radical (unpaired) electrons. The van der Waals surface area contributed by atoms with Crippen LogP contribution in [-0.4, -0.2) is 10.1 Å². The number of nitrogens with zero attached hydrogens (tertiary/aromatic N) is 1. The van der Waals surface area contributed by atoms with Crippen molar-refractivity contribution in [2.75, 3.05) is 0 Å². The van der Waals surface area contributed by atoms with Gasteiger partial charge in [-0.1, -0.05) is 24.3 Å². The molecule has 2 rings (SSSR count). The highest BCUT2D eigenvalue weighted by Crippen LogP contribution is 2.30. The number of hydrogen-bond donors (Lipinski definition) is 1. The van der Waals surface area contributed by atoms with Gasteiger partial charge in [-0.05, 0) is 23.8 Å². The molecule has 0 saturated carbocycles. The van der Waals surface area contributed by atoms with E-state index in [0.717, 1.165) is 12.1 Å². The molecule has 2 aromatic rings. The molecule has 0 aliphatic carbocycles. The van der Waals surface area contributed by atoms with Crippen LogP contribution in [0.1, 0.15) is 22.9 Å². The number of aliphatic hydroxyl groups is 1. The van der Waals surface area contributed by atoms with Gasteiger partial charge in [-0.2, -0.15) is 13.2 Å². The summed E-state index contributed by atoms with van der Waals surface area (Å²) in [5, 5.41) is 9.92. The number of halogens is 3. The summed E-state index contributed by atoms with van der Waals surface area (Å²) in [5.41, 5.74) is 0.158. The van der Waals surface area contributed by atoms with Crippen molar-refractivity contribution >= 4 is 0 Å². The van der Waals surface area contributed by atoms with Crippen molar-refractivity contribution in [1.29, 1.82) is 0 Å². The summed E-state index contributed by atoms with van der Waals surface area (Å²) in [4.78, 5) is 3.97. The Balaban J connectivity index is 2.16. The highest BCUT2D eigenvalue weighted by Gasteiger charge is 2.30. The van der Waals surface area contributed by atoms with Gasteiger partial charge in [0.05, 0.1) is 17.4 Å². The number of benzene rings is 1. The van der Waals surface area contributed by atoms with E-state index in [1.165, 1.54) is 12.3 Å². The van der Waals surface area contributed by atoms with E-state index in [2.05, 4.69) is 4.98 Å². The maximum absolute atomic E-state index is 12.6. The largest absolute Gasteiger partial charge is 0.416 e. The average Bonchev–Trinajstić information content (AvgIpc) is 2.39. The van der Waals surface area contributed by atoms with E-state index < -0.39 is 17.8 Å². The minimum atomic E-state index is -4.37. The van der Waals surface area contributed by atoms with Gasteiger partial charge >= 0.3 is 6.18 Å². The highest BCUT2D eigenvalue weighted by molar-refractivity contribution is 5.27. The van der Waals surface area contributed by atoms with Crippen molar-refractivity contribution in [2.45, 2.75) is 18.7 Å². The number of alkyl halides is 3. The SMILES string of the molecule is OC(Cc1cccc(C(F)(F)F)c1)c1ccccn1. The number of rotatable bonds is 3. The van der Waals surface area contributed by atoms with E-state index in [9.17, 15) is 18.3 Å². The van der Waals surface area contributed by atoms with Gasteiger partial charge in [-0.15, -0.1) is 0 Å². The van der Waals surface area contributed by atoms with Crippen LogP contribution in [0, 0.1) is 0 Å². The number of aromatic nitrogens is 1. The first kappa shape index (κ1) is 13.5. The molecule has 1 unspecified atom stereocenters. The van der Waals surface area contributed by atoms with Gasteiger partial charge in [0, 0.05) is 12.6 Å². The molecule has 0 aliphatic rings. The van der Waals surface area contributed by atoms with Gasteiger partial charge in [-0.3, -0.25) is 4.98 Å². The van der Waals surface area contributed by atoms with E-state index in [1.54, 1.807) is 24.3 Å². The molecule has 1 heterocycles. The third kappa shape index (κ3) is 3.54. The fourth-order valence-corrected chi connectivity index (χ4v) is 1.78. The molecule has 0 bridgehead atoms. The fourth-order valence-electron chi connectivity index (χ4n) is 1.78. The molecule has 19 heavy (non-hydrogen) atoms. The molecule has 1 aromatic carbocycles. The molecule has 100 valence electrons. The standard InChI is InChI=1S/C14H12F3NO/c15-14(16,17)11-5-3-4-10(8-11)9-13(19)12-6-1-2-7-18-12/h1-8,13,19H,9H2. The Morgan fingerprint density at radius 2 is 1.89 bits per heavy atom. The van der Waals surface area contributed by atoms with Gasteiger partial charge in [0.15, 0.2) is 0 Å². The van der Waals surface area contributed by atoms with Gasteiger partial charge in [0.25, 0.3) is 0 Å². The van der Waals surface area contributed by atoms with E-state index in [4.69, 9.17) is 0 Å². The van der Waals surface area contributed by atoms with Crippen molar-refractivity contribution in [3.05, 3.63) is 65.5 Å². The zero-order valence-corrected chi connectivity index (χ0v) is 9.93. The maximum atomic E-state index is 12.6. The van der Waals surface area contributed by atoms with Crippen molar-refractivity contribution in [2.24, 2.45) is 0 Å². The molecule has 0 saturated heterocycles. The van der Waals surface area contributed by atoms with Crippen molar-refractivity contribution in [3.63, 3.8) is 0 Å². The Hall–Kier alpha value is -1.88. The minimum absolute atomic E-state index is 0.0981. The lowest BCUT2D eigenvalue weighted by atomic mass is 10.0. The quantitative estimate of drug-likeness (QED) is 0.924. The van der Waals surface area contributed by atoms with Gasteiger partial charge in [0.1, 0.15) is 0 Å². The second-order valence-electron chi connectivity index (χ2n) is 4.17. The predicted octanol–water partition coefficient (Wildman–Crippen LogP) is 3.38. The van der Waals surface area contributed by atoms with Crippen LogP contribution in [0.3, 0.4) is 0 Å². The van der Waals surface area contributed by atoms with E-state index in [1.807, 2.05) is 0 Å². The predicted molar refractivity (Wildman–Crippen MR) is 64.3 cm³/mol. The molecule has 0 fully saturated rings. The van der Waals surface area contributed by atoms with Crippen LogP contribution in [0.5, 0.6) is 0 Å². The Morgan fingerprint density at radius 3 is 2.53 bits per heavy atom. The Kier molecular flexibility index (Phi) is 3.85. The third-order valence-corrected chi connectivity index (χ3v) is 2.71. The summed E-state index contributed by atoms with van der Waals surface area (Å²) in [5.74, 6) is 0. The Labute approximate surface area is 108 Å². The fraction of sp³-hybridized carbons (Fsp3) is 0.214. The van der Waals surface area contributed by atoms with Crippen molar-refractivity contribution in [1.82, 2.24) is 4.98 Å². The average molecular weight is 267 g/mol. The first-order chi connectivity index (χ1) is 8.97. The summed E-state index contributed by atoms with van der Waals surface area (Å²) in [6.45, 7) is 0. The molecule has 1 N–H and O–H groups in total. The lowest BCUT2D eigenvalue weighted by Crippen LogP contribution is -2.07. The zero-order chi connectivity index (χ0) is 13.9. The summed E-state index contributed by atoms with van der Waals surface area (Å²) < 4.78 is 37.7. The molecule has 0 amide bonds. The zero-order valence-electron chi connectivity index (χ0n) is 9.93. The van der Waals surface area contributed by atoms with Crippen LogP contribution in [0.4, 0.5) is 13.2 Å². The normalized spacial score (nSPS) is 13.3. The van der Waals surface area contributed by atoms with E-state index in [0.29, 0.717) is 11.3 Å². The van der Waals surface area contributed by atoms with Crippen LogP contribution in [0.25, 0.3) is 0 Å². The van der Waals surface area contributed by atoms with Crippen LogP contribution < -0.4 is 0 Å². The summed E-state index contributed by atoms with van der Waals surface area (Å²) in [7, 11) is 0. The monoisotopic (exact) mass is 267 g/mol. The molecule has 1 aromatic heterocycles. The lowest BCUT2D eigenvalue weighted by Gasteiger charge is -2.12. The smallest absolute Gasteiger partial charge is 0.386 e. The van der Waals surface area contributed by atoms with Crippen LogP contribution >= 0.6 is 0 Å². The first-order valence-corrected chi connectivity index (χ1v) is 5.72. The summed E-state index contributed by atoms with van der Waals surface area (Å²) >= 11 is 0. The number of hydrogen-bond acceptors (Lipinski definition) is 2. The first-order valence-electron chi connectivity index (χ1n) is 5.72. The van der Waals surface area contributed by atoms with Crippen LogP contribution in [0.2, 0.25) is 0 Å². The maximum Gasteiger partial charge on any atom is 0.416 e. The molecule has 1 atom stereocenters.